The van der Waals surface area contributed by atoms with Gasteiger partial charge in [0.25, 0.3) is 0 Å². The maximum absolute atomic E-state index is 10.8. The van der Waals surface area contributed by atoms with Crippen LogP contribution in [0.1, 0.15) is 29.3 Å². The minimum Gasteiger partial charge on any atom is -0.491 e. The number of benzene rings is 2. The Morgan fingerprint density at radius 3 is 2.52 bits per heavy atom. The first-order chi connectivity index (χ1) is 10.2. The number of hydrogen-bond acceptors (Lipinski definition) is 3. The highest BCUT2D eigenvalue weighted by atomic mass is 16.5. The van der Waals surface area contributed by atoms with Gasteiger partial charge in [0.15, 0.2) is 0 Å². The molecule has 2 aromatic rings. The van der Waals surface area contributed by atoms with Crippen molar-refractivity contribution in [1.82, 2.24) is 0 Å². The Morgan fingerprint density at radius 2 is 1.86 bits per heavy atom. The first-order valence-electron chi connectivity index (χ1n) is 6.98. The molecule has 0 spiro atoms. The van der Waals surface area contributed by atoms with Crippen LogP contribution in [0.5, 0.6) is 5.75 Å². The van der Waals surface area contributed by atoms with Crippen LogP contribution in [0.15, 0.2) is 48.5 Å². The smallest absolute Gasteiger partial charge is 0.335 e. The maximum atomic E-state index is 10.8. The molecule has 2 aromatic carbocycles. The van der Waals surface area contributed by atoms with Crippen LogP contribution in [0.2, 0.25) is 0 Å². The fourth-order valence-corrected chi connectivity index (χ4v) is 1.91. The van der Waals surface area contributed by atoms with Gasteiger partial charge in [-0.15, -0.1) is 0 Å². The number of hydrogen-bond donors (Lipinski definition) is 2. The Bertz CT molecular complexity index is 593. The van der Waals surface area contributed by atoms with Crippen LogP contribution in [0.3, 0.4) is 0 Å². The molecular formula is C17H19NO3. The van der Waals surface area contributed by atoms with Crippen molar-refractivity contribution in [1.29, 1.82) is 0 Å². The van der Waals surface area contributed by atoms with Crippen LogP contribution in [-0.2, 0) is 6.54 Å². The minimum atomic E-state index is -0.909. The lowest BCUT2D eigenvalue weighted by Gasteiger charge is -2.12. The first-order valence-corrected chi connectivity index (χ1v) is 6.98. The average Bonchev–Trinajstić information content (AvgIpc) is 2.52. The van der Waals surface area contributed by atoms with Gasteiger partial charge in [0.05, 0.1) is 17.9 Å². The minimum absolute atomic E-state index is 0.297. The number of ether oxygens (including phenoxy) is 1. The van der Waals surface area contributed by atoms with Crippen molar-refractivity contribution in [3.63, 3.8) is 0 Å². The SMILES string of the molecule is CCCOc1ccccc1NCc1ccc(C(=O)O)cc1. The van der Waals surface area contributed by atoms with E-state index >= 15 is 0 Å². The van der Waals surface area contributed by atoms with Crippen LogP contribution in [-0.4, -0.2) is 17.7 Å². The van der Waals surface area contributed by atoms with Crippen LogP contribution in [0.25, 0.3) is 0 Å². The first kappa shape index (κ1) is 14.9. The van der Waals surface area contributed by atoms with Crippen molar-refractivity contribution < 1.29 is 14.6 Å². The zero-order chi connectivity index (χ0) is 15.1. The predicted octanol–water partition coefficient (Wildman–Crippen LogP) is 3.79. The average molecular weight is 285 g/mol. The molecule has 0 radical (unpaired) electrons. The Balaban J connectivity index is 2.00. The summed E-state index contributed by atoms with van der Waals surface area (Å²) in [6.45, 7) is 3.37. The third-order valence-corrected chi connectivity index (χ3v) is 3.03. The van der Waals surface area contributed by atoms with Gasteiger partial charge >= 0.3 is 5.97 Å². The highest BCUT2D eigenvalue weighted by molar-refractivity contribution is 5.87. The van der Waals surface area contributed by atoms with Gasteiger partial charge in [-0.2, -0.15) is 0 Å². The van der Waals surface area contributed by atoms with Crippen molar-refractivity contribution in [2.75, 3.05) is 11.9 Å². The summed E-state index contributed by atoms with van der Waals surface area (Å²) in [5, 5.41) is 12.2. The molecule has 0 bridgehead atoms. The highest BCUT2D eigenvalue weighted by Crippen LogP contribution is 2.24. The van der Waals surface area contributed by atoms with E-state index in [-0.39, 0.29) is 0 Å². The van der Waals surface area contributed by atoms with Crippen molar-refractivity contribution in [3.05, 3.63) is 59.7 Å². The summed E-state index contributed by atoms with van der Waals surface area (Å²) < 4.78 is 5.69. The zero-order valence-electron chi connectivity index (χ0n) is 12.0. The number of nitrogens with one attached hydrogen (secondary N) is 1. The second-order valence-electron chi connectivity index (χ2n) is 4.70. The normalized spacial score (nSPS) is 10.1. The summed E-state index contributed by atoms with van der Waals surface area (Å²) in [6, 6.07) is 14.6. The molecule has 2 rings (SSSR count). The van der Waals surface area contributed by atoms with Gasteiger partial charge in [-0.3, -0.25) is 0 Å². The molecule has 0 atom stereocenters. The molecule has 0 heterocycles. The number of aromatic carboxylic acids is 1. The lowest BCUT2D eigenvalue weighted by molar-refractivity contribution is 0.0697. The molecule has 0 amide bonds. The lowest BCUT2D eigenvalue weighted by atomic mass is 10.1. The molecule has 0 aliphatic rings. The molecular weight excluding hydrogens is 266 g/mol. The van der Waals surface area contributed by atoms with Gasteiger partial charge < -0.3 is 15.2 Å². The summed E-state index contributed by atoms with van der Waals surface area (Å²) in [5.74, 6) is -0.0747. The van der Waals surface area contributed by atoms with E-state index in [1.165, 1.54) is 0 Å². The summed E-state index contributed by atoms with van der Waals surface area (Å²) in [7, 11) is 0. The fraction of sp³-hybridized carbons (Fsp3) is 0.235. The number of anilines is 1. The van der Waals surface area contributed by atoms with E-state index in [9.17, 15) is 4.79 Å². The maximum Gasteiger partial charge on any atom is 0.335 e. The van der Waals surface area contributed by atoms with Crippen molar-refractivity contribution in [2.45, 2.75) is 19.9 Å². The summed E-state index contributed by atoms with van der Waals surface area (Å²) in [6.07, 6.45) is 0.963. The van der Waals surface area contributed by atoms with Gasteiger partial charge in [-0.1, -0.05) is 31.2 Å². The highest BCUT2D eigenvalue weighted by Gasteiger charge is 2.04. The molecule has 0 aliphatic carbocycles. The topological polar surface area (TPSA) is 58.6 Å². The van der Waals surface area contributed by atoms with Crippen molar-refractivity contribution >= 4 is 11.7 Å². The number of carboxylic acids is 1. The van der Waals surface area contributed by atoms with Crippen LogP contribution >= 0.6 is 0 Å². The summed E-state index contributed by atoms with van der Waals surface area (Å²) >= 11 is 0. The largest absolute Gasteiger partial charge is 0.491 e. The Morgan fingerprint density at radius 1 is 1.14 bits per heavy atom. The van der Waals surface area contributed by atoms with Gasteiger partial charge in [-0.25, -0.2) is 4.79 Å². The molecule has 0 unspecified atom stereocenters. The molecule has 4 nitrogen and oxygen atoms in total. The molecule has 21 heavy (non-hydrogen) atoms. The van der Waals surface area contributed by atoms with E-state index in [0.717, 1.165) is 23.4 Å². The number of carboxylic acid groups (broad SMARTS) is 1. The molecule has 0 fully saturated rings. The fourth-order valence-electron chi connectivity index (χ4n) is 1.91. The van der Waals surface area contributed by atoms with E-state index in [1.807, 2.05) is 36.4 Å². The molecule has 2 N–H and O–H groups in total. The molecule has 4 heteroatoms. The van der Waals surface area contributed by atoms with Gasteiger partial charge in [0.2, 0.25) is 0 Å². The molecule has 0 aromatic heterocycles. The number of rotatable bonds is 7. The Hall–Kier alpha value is -2.49. The molecule has 0 saturated carbocycles. The van der Waals surface area contributed by atoms with E-state index < -0.39 is 5.97 Å². The van der Waals surface area contributed by atoms with Gasteiger partial charge in [0, 0.05) is 6.54 Å². The molecule has 0 aliphatic heterocycles. The second-order valence-corrected chi connectivity index (χ2v) is 4.70. The second kappa shape index (κ2) is 7.33. The van der Waals surface area contributed by atoms with Crippen LogP contribution in [0.4, 0.5) is 5.69 Å². The number of para-hydroxylation sites is 2. The van der Waals surface area contributed by atoms with Crippen molar-refractivity contribution in [3.8, 4) is 5.75 Å². The van der Waals surface area contributed by atoms with Gasteiger partial charge in [0.1, 0.15) is 5.75 Å². The molecule has 110 valence electrons. The van der Waals surface area contributed by atoms with E-state index in [0.29, 0.717) is 18.7 Å². The Labute approximate surface area is 124 Å². The third kappa shape index (κ3) is 4.24. The quantitative estimate of drug-likeness (QED) is 0.812. The van der Waals surface area contributed by atoms with E-state index in [1.54, 1.807) is 12.1 Å². The van der Waals surface area contributed by atoms with E-state index in [4.69, 9.17) is 9.84 Å². The van der Waals surface area contributed by atoms with E-state index in [2.05, 4.69) is 12.2 Å². The molecule has 0 saturated heterocycles. The summed E-state index contributed by atoms with van der Waals surface area (Å²) in [5.41, 5.74) is 2.25. The summed E-state index contributed by atoms with van der Waals surface area (Å²) in [4.78, 5) is 10.8. The third-order valence-electron chi connectivity index (χ3n) is 3.03. The lowest BCUT2D eigenvalue weighted by Crippen LogP contribution is -2.04. The van der Waals surface area contributed by atoms with Crippen molar-refractivity contribution in [2.24, 2.45) is 0 Å². The number of carbonyl (C=O) groups is 1. The predicted molar refractivity (Wildman–Crippen MR) is 83.0 cm³/mol. The Kier molecular flexibility index (Phi) is 5.21. The van der Waals surface area contributed by atoms with Crippen LogP contribution < -0.4 is 10.1 Å². The monoisotopic (exact) mass is 285 g/mol. The van der Waals surface area contributed by atoms with Gasteiger partial charge in [-0.05, 0) is 36.2 Å². The van der Waals surface area contributed by atoms with Crippen LogP contribution in [0, 0.1) is 0 Å². The standard InChI is InChI=1S/C17H19NO3/c1-2-11-21-16-6-4-3-5-15(16)18-12-13-7-9-14(10-8-13)17(19)20/h3-10,18H,2,11-12H2,1H3,(H,19,20). The zero-order valence-corrected chi connectivity index (χ0v) is 12.0.